The molecule has 12 nitrogen and oxygen atoms in total. The average molecular weight is 479 g/mol. The summed E-state index contributed by atoms with van der Waals surface area (Å²) in [5.74, 6) is -4.21. The smallest absolute Gasteiger partial charge is 0.352 e. The van der Waals surface area contributed by atoms with Gasteiger partial charge < -0.3 is 21.4 Å². The van der Waals surface area contributed by atoms with Crippen molar-refractivity contribution in [1.82, 2.24) is 15.2 Å². The largest absolute Gasteiger partial charge is 0.477 e. The van der Waals surface area contributed by atoms with Gasteiger partial charge in [-0.15, -0.1) is 23.1 Å². The summed E-state index contributed by atoms with van der Waals surface area (Å²) in [5.41, 5.74) is 4.32. The summed E-state index contributed by atoms with van der Waals surface area (Å²) in [4.78, 5) is 41.2. The Morgan fingerprint density at radius 2 is 2.17 bits per heavy atom. The molecule has 16 heteroatoms. The highest BCUT2D eigenvalue weighted by Crippen LogP contribution is 2.40. The van der Waals surface area contributed by atoms with E-state index in [-0.39, 0.29) is 22.2 Å². The number of nitrogen functional groups attached to an aromatic ring is 1. The van der Waals surface area contributed by atoms with Crippen molar-refractivity contribution in [2.75, 3.05) is 23.2 Å². The molecule has 3 heterocycles. The normalized spacial score (nSPS) is 21.8. The summed E-state index contributed by atoms with van der Waals surface area (Å²) in [6.07, 6.45) is 0. The molecule has 0 aliphatic carbocycles. The lowest BCUT2D eigenvalue weighted by atomic mass is 10.0. The number of thiazole rings is 1. The van der Waals surface area contributed by atoms with Crippen LogP contribution in [0.15, 0.2) is 21.8 Å². The lowest BCUT2D eigenvalue weighted by Crippen LogP contribution is -2.71. The number of carboxylic acid groups (broad SMARTS) is 1. The van der Waals surface area contributed by atoms with E-state index in [1.165, 1.54) is 5.38 Å². The third kappa shape index (κ3) is 3.97. The first kappa shape index (κ1) is 22.0. The Morgan fingerprint density at radius 1 is 1.47 bits per heavy atom. The van der Waals surface area contributed by atoms with Gasteiger partial charge in [-0.3, -0.25) is 14.5 Å². The minimum absolute atomic E-state index is 0.0118. The molecule has 2 aliphatic rings. The predicted molar refractivity (Wildman–Crippen MR) is 104 cm³/mol. The third-order valence-electron chi connectivity index (χ3n) is 4.18. The number of nitrogens with zero attached hydrogens (tertiary/aromatic N) is 3. The first-order valence-corrected chi connectivity index (χ1v) is 11.7. The Kier molecular flexibility index (Phi) is 6.00. The highest BCUT2D eigenvalue weighted by atomic mass is 32.2. The number of hydrogen-bond acceptors (Lipinski definition) is 11. The predicted octanol–water partition coefficient (Wildman–Crippen LogP) is -1.02. The van der Waals surface area contributed by atoms with Gasteiger partial charge in [-0.05, 0) is 5.57 Å². The second-order valence-electron chi connectivity index (χ2n) is 6.13. The Balaban J connectivity index is 1.80. The van der Waals surface area contributed by atoms with Crippen LogP contribution in [-0.4, -0.2) is 81.0 Å². The molecule has 1 aromatic rings. The van der Waals surface area contributed by atoms with Gasteiger partial charge in [0.2, 0.25) is 0 Å². The van der Waals surface area contributed by atoms with Gasteiger partial charge in [0.05, 0.1) is 5.75 Å². The summed E-state index contributed by atoms with van der Waals surface area (Å²) >= 11 is 2.01. The molecule has 2 amide bonds. The Morgan fingerprint density at radius 3 is 2.70 bits per heavy atom. The van der Waals surface area contributed by atoms with Crippen molar-refractivity contribution >= 4 is 61.6 Å². The fourth-order valence-electron chi connectivity index (χ4n) is 2.92. The van der Waals surface area contributed by atoms with Crippen LogP contribution in [0.25, 0.3) is 0 Å². The quantitative estimate of drug-likeness (QED) is 0.163. The van der Waals surface area contributed by atoms with E-state index >= 15 is 0 Å². The molecule has 0 spiro atoms. The molecule has 0 saturated carbocycles. The monoisotopic (exact) mass is 479 g/mol. The number of carbonyl (C=O) groups excluding carboxylic acids is 2. The Hall–Kier alpha value is -2.72. The van der Waals surface area contributed by atoms with Crippen molar-refractivity contribution in [2.24, 2.45) is 5.16 Å². The molecular formula is C14H14FN5O7S3. The number of hydrogen-bond donors (Lipinski definition) is 4. The molecule has 2 aliphatic heterocycles. The maximum atomic E-state index is 12.6. The van der Waals surface area contributed by atoms with Crippen molar-refractivity contribution in [1.29, 1.82) is 0 Å². The molecule has 1 aromatic heterocycles. The molecule has 1 fully saturated rings. The van der Waals surface area contributed by atoms with Crippen LogP contribution >= 0.6 is 23.1 Å². The van der Waals surface area contributed by atoms with Crippen LogP contribution in [0.2, 0.25) is 0 Å². The van der Waals surface area contributed by atoms with Crippen LogP contribution in [0, 0.1) is 0 Å². The van der Waals surface area contributed by atoms with E-state index in [0.717, 1.165) is 28.0 Å². The van der Waals surface area contributed by atoms with Gasteiger partial charge in [-0.1, -0.05) is 5.16 Å². The van der Waals surface area contributed by atoms with Gasteiger partial charge in [-0.2, -0.15) is 0 Å². The topological polar surface area (TPSA) is 192 Å². The van der Waals surface area contributed by atoms with E-state index in [9.17, 15) is 32.3 Å². The zero-order valence-corrected chi connectivity index (χ0v) is 17.3. The maximum Gasteiger partial charge on any atom is 0.352 e. The van der Waals surface area contributed by atoms with E-state index < -0.39 is 62.2 Å². The third-order valence-corrected chi connectivity index (χ3v) is 7.31. The molecule has 2 unspecified atom stereocenters. The van der Waals surface area contributed by atoms with Crippen molar-refractivity contribution in [3.63, 3.8) is 0 Å². The molecule has 3 rings (SSSR count). The SMILES string of the molecule is Nc1nc(/C(=N/O)C(=O)NC2C(=O)N3C(C(=O)O)=C(CS(=O)(=O)CF)CSC23)cs1. The number of thioether (sulfide) groups is 1. The number of β-lactam (4-membered cyclic amide) rings is 1. The molecular weight excluding hydrogens is 465 g/mol. The fourth-order valence-corrected chi connectivity index (χ4v) is 5.79. The fraction of sp³-hybridized carbons (Fsp3) is 0.357. The van der Waals surface area contributed by atoms with Gasteiger partial charge in [0.25, 0.3) is 11.8 Å². The molecule has 5 N–H and O–H groups in total. The van der Waals surface area contributed by atoms with Crippen LogP contribution in [-0.2, 0) is 24.2 Å². The number of nitrogens with one attached hydrogen (secondary N) is 1. The summed E-state index contributed by atoms with van der Waals surface area (Å²) < 4.78 is 35.7. The number of alkyl halides is 1. The molecule has 1 saturated heterocycles. The van der Waals surface area contributed by atoms with E-state index in [2.05, 4.69) is 15.5 Å². The number of aliphatic carboxylic acids is 1. The minimum Gasteiger partial charge on any atom is -0.477 e. The van der Waals surface area contributed by atoms with Crippen molar-refractivity contribution in [2.45, 2.75) is 11.4 Å². The van der Waals surface area contributed by atoms with Crippen LogP contribution in [0.5, 0.6) is 0 Å². The van der Waals surface area contributed by atoms with Crippen LogP contribution in [0.3, 0.4) is 0 Å². The first-order valence-electron chi connectivity index (χ1n) is 8.00. The van der Waals surface area contributed by atoms with E-state index in [4.69, 9.17) is 10.9 Å². The molecule has 30 heavy (non-hydrogen) atoms. The van der Waals surface area contributed by atoms with Gasteiger partial charge in [0.1, 0.15) is 22.8 Å². The molecule has 0 bridgehead atoms. The van der Waals surface area contributed by atoms with Crippen molar-refractivity contribution in [3.8, 4) is 0 Å². The van der Waals surface area contributed by atoms with E-state index in [1.54, 1.807) is 0 Å². The molecule has 0 radical (unpaired) electrons. The van der Waals surface area contributed by atoms with Crippen LogP contribution in [0.4, 0.5) is 9.52 Å². The number of amides is 2. The summed E-state index contributed by atoms with van der Waals surface area (Å²) in [5, 5.41) is 24.5. The number of sulfone groups is 1. The molecule has 162 valence electrons. The second kappa shape index (κ2) is 8.19. The first-order chi connectivity index (χ1) is 14.1. The number of halogens is 1. The Bertz CT molecular complexity index is 1080. The van der Waals surface area contributed by atoms with Crippen molar-refractivity contribution < 1.29 is 37.5 Å². The number of oxime groups is 1. The number of nitrogens with two attached hydrogens (primary N) is 1. The standard InChI is InChI=1S/C14H14FN5O7S3/c15-4-30(26,27)3-5-1-28-12-8(11(22)20(12)9(5)13(23)24)18-10(21)7(19-25)6-2-29-14(16)17-6/h2,8,12,25H,1,3-4H2,(H2,16,17)(H,18,21)(H,23,24)/b19-7-. The maximum absolute atomic E-state index is 12.6. The van der Waals surface area contributed by atoms with E-state index in [0.29, 0.717) is 0 Å². The van der Waals surface area contributed by atoms with Gasteiger partial charge in [-0.25, -0.2) is 22.6 Å². The number of rotatable bonds is 7. The number of fused-ring (bicyclic) bond motifs is 1. The summed E-state index contributed by atoms with van der Waals surface area (Å²) in [6.45, 7) is 0. The highest BCUT2D eigenvalue weighted by Gasteiger charge is 2.54. The minimum atomic E-state index is -4.16. The van der Waals surface area contributed by atoms with Crippen molar-refractivity contribution in [3.05, 3.63) is 22.3 Å². The molecule has 0 aromatic carbocycles. The van der Waals surface area contributed by atoms with Crippen LogP contribution < -0.4 is 11.1 Å². The zero-order valence-electron chi connectivity index (χ0n) is 14.8. The second-order valence-corrected chi connectivity index (χ2v) is 10.1. The highest BCUT2D eigenvalue weighted by molar-refractivity contribution is 8.00. The number of carbonyl (C=O) groups is 3. The lowest BCUT2D eigenvalue weighted by molar-refractivity contribution is -0.150. The van der Waals surface area contributed by atoms with Gasteiger partial charge >= 0.3 is 5.97 Å². The average Bonchev–Trinajstić information content (AvgIpc) is 3.11. The zero-order chi connectivity index (χ0) is 22.2. The Labute approximate surface area is 176 Å². The number of carboxylic acids is 1. The number of anilines is 1. The van der Waals surface area contributed by atoms with Gasteiger partial charge in [0, 0.05) is 11.1 Å². The number of aromatic nitrogens is 1. The summed E-state index contributed by atoms with van der Waals surface area (Å²) in [7, 11) is -4.16. The van der Waals surface area contributed by atoms with E-state index in [1.807, 2.05) is 0 Å². The van der Waals surface area contributed by atoms with Crippen LogP contribution in [0.1, 0.15) is 5.69 Å². The lowest BCUT2D eigenvalue weighted by Gasteiger charge is -2.49. The molecule has 2 atom stereocenters. The summed E-state index contributed by atoms with van der Waals surface area (Å²) in [6, 6.07) is -2.81. The van der Waals surface area contributed by atoms with Gasteiger partial charge in [0.15, 0.2) is 26.7 Å².